The van der Waals surface area contributed by atoms with E-state index in [1.807, 2.05) is 6.92 Å². The van der Waals surface area contributed by atoms with Crippen LogP contribution in [0.25, 0.3) is 11.0 Å². The van der Waals surface area contributed by atoms with Crippen molar-refractivity contribution in [3.8, 4) is 0 Å². The zero-order chi connectivity index (χ0) is 17.4. The van der Waals surface area contributed by atoms with Gasteiger partial charge < -0.3 is 15.1 Å². The number of fused-ring (bicyclic) bond motifs is 1. The molecule has 2 heterocycles. The van der Waals surface area contributed by atoms with E-state index in [4.69, 9.17) is 4.42 Å². The average molecular weight is 472 g/mol. The van der Waals surface area contributed by atoms with Crippen molar-refractivity contribution < 1.29 is 8.81 Å². The maximum absolute atomic E-state index is 13.4. The number of nitrogens with zero attached hydrogens (tertiary/aromatic N) is 2. The number of guanidine groups is 1. The molecule has 2 aliphatic rings. The van der Waals surface area contributed by atoms with Crippen molar-refractivity contribution >= 4 is 40.9 Å². The largest absolute Gasteiger partial charge is 0.459 e. The first-order chi connectivity index (χ1) is 12.1. The number of benzene rings is 1. The summed E-state index contributed by atoms with van der Waals surface area (Å²) in [5, 5.41) is 7.66. The van der Waals surface area contributed by atoms with Crippen LogP contribution in [0.1, 0.15) is 30.6 Å². The van der Waals surface area contributed by atoms with E-state index in [0.717, 1.165) is 47.3 Å². The summed E-state index contributed by atoms with van der Waals surface area (Å²) in [6.45, 7) is 4.76. The molecule has 5 nitrogen and oxygen atoms in total. The Labute approximate surface area is 170 Å². The van der Waals surface area contributed by atoms with E-state index in [1.54, 1.807) is 13.1 Å². The van der Waals surface area contributed by atoms with Crippen LogP contribution in [0, 0.1) is 12.7 Å². The van der Waals surface area contributed by atoms with E-state index in [0.29, 0.717) is 12.6 Å². The second-order valence-corrected chi connectivity index (χ2v) is 7.07. The minimum Gasteiger partial charge on any atom is -0.459 e. The van der Waals surface area contributed by atoms with Gasteiger partial charge in [0.1, 0.15) is 17.2 Å². The van der Waals surface area contributed by atoms with Crippen LogP contribution >= 0.6 is 24.0 Å². The van der Waals surface area contributed by atoms with Gasteiger partial charge in [-0.05, 0) is 44.4 Å². The van der Waals surface area contributed by atoms with Crippen molar-refractivity contribution in [2.45, 2.75) is 44.8 Å². The maximum Gasteiger partial charge on any atom is 0.191 e. The van der Waals surface area contributed by atoms with Crippen molar-refractivity contribution in [2.24, 2.45) is 4.99 Å². The molecule has 0 amide bonds. The van der Waals surface area contributed by atoms with Crippen LogP contribution in [-0.4, -0.2) is 43.1 Å². The monoisotopic (exact) mass is 472 g/mol. The van der Waals surface area contributed by atoms with Crippen molar-refractivity contribution in [2.75, 3.05) is 20.1 Å². The summed E-state index contributed by atoms with van der Waals surface area (Å²) in [6.07, 6.45) is 3.86. The third-order valence-electron chi connectivity index (χ3n) is 5.26. The fraction of sp³-hybridized carbons (Fsp3) is 0.526. The molecule has 26 heavy (non-hydrogen) atoms. The SMILES string of the molecule is CN=C(NCc1oc2ccc(F)cc2c1C)NC1CCN(C2CC2)C1.I. The molecule has 1 saturated carbocycles. The summed E-state index contributed by atoms with van der Waals surface area (Å²) in [4.78, 5) is 6.90. The molecule has 0 radical (unpaired) electrons. The van der Waals surface area contributed by atoms with Crippen molar-refractivity contribution in [3.05, 3.63) is 35.3 Å². The van der Waals surface area contributed by atoms with E-state index in [-0.39, 0.29) is 29.8 Å². The lowest BCUT2D eigenvalue weighted by Crippen LogP contribution is -2.44. The van der Waals surface area contributed by atoms with Gasteiger partial charge in [0.2, 0.25) is 0 Å². The normalized spacial score (nSPS) is 21.0. The second-order valence-electron chi connectivity index (χ2n) is 7.07. The van der Waals surface area contributed by atoms with Crippen molar-refractivity contribution in [1.82, 2.24) is 15.5 Å². The molecule has 0 spiro atoms. The van der Waals surface area contributed by atoms with Gasteiger partial charge in [0.15, 0.2) is 5.96 Å². The van der Waals surface area contributed by atoms with Crippen molar-refractivity contribution in [3.63, 3.8) is 0 Å². The molecule has 1 aromatic heterocycles. The molecule has 1 unspecified atom stereocenters. The number of likely N-dealkylation sites (tertiary alicyclic amines) is 1. The van der Waals surface area contributed by atoms with Gasteiger partial charge in [0.05, 0.1) is 6.54 Å². The van der Waals surface area contributed by atoms with E-state index in [9.17, 15) is 4.39 Å². The topological polar surface area (TPSA) is 52.8 Å². The zero-order valence-corrected chi connectivity index (χ0v) is 17.5. The number of aliphatic imine (C=N–C) groups is 1. The molecule has 2 N–H and O–H groups in total. The highest BCUT2D eigenvalue weighted by Gasteiger charge is 2.34. The van der Waals surface area contributed by atoms with Gasteiger partial charge >= 0.3 is 0 Å². The van der Waals surface area contributed by atoms with Gasteiger partial charge in [-0.1, -0.05) is 0 Å². The van der Waals surface area contributed by atoms with E-state index in [2.05, 4.69) is 20.5 Å². The third-order valence-corrected chi connectivity index (χ3v) is 5.26. The molecule has 2 aromatic rings. The molecule has 4 rings (SSSR count). The van der Waals surface area contributed by atoms with Crippen LogP contribution in [0.3, 0.4) is 0 Å². The number of aryl methyl sites for hydroxylation is 1. The third kappa shape index (κ3) is 4.14. The molecule has 142 valence electrons. The molecule has 1 saturated heterocycles. The Morgan fingerprint density at radius 1 is 1.35 bits per heavy atom. The van der Waals surface area contributed by atoms with Crippen LogP contribution in [0.15, 0.2) is 27.6 Å². The van der Waals surface area contributed by atoms with E-state index < -0.39 is 0 Å². The molecular weight excluding hydrogens is 446 g/mol. The standard InChI is InChI=1S/C19H25FN4O.HI/c1-12-16-9-13(20)3-6-17(16)25-18(12)10-22-19(21-2)23-14-7-8-24(11-14)15-4-5-15;/h3,6,9,14-15H,4-5,7-8,10-11H2,1-2H3,(H2,21,22,23);1H. The van der Waals surface area contributed by atoms with Gasteiger partial charge in [-0.15, -0.1) is 24.0 Å². The fourth-order valence-electron chi connectivity index (χ4n) is 3.64. The van der Waals surface area contributed by atoms with Crippen LogP contribution < -0.4 is 10.6 Å². The molecule has 1 aromatic carbocycles. The Bertz CT molecular complexity index is 802. The molecule has 1 atom stereocenters. The highest BCUT2D eigenvalue weighted by molar-refractivity contribution is 14.0. The van der Waals surface area contributed by atoms with Crippen LogP contribution in [0.5, 0.6) is 0 Å². The first kappa shape index (κ1) is 19.4. The van der Waals surface area contributed by atoms with Crippen LogP contribution in [-0.2, 0) is 6.54 Å². The molecule has 0 bridgehead atoms. The first-order valence-corrected chi connectivity index (χ1v) is 9.03. The summed E-state index contributed by atoms with van der Waals surface area (Å²) in [7, 11) is 1.78. The maximum atomic E-state index is 13.4. The van der Waals surface area contributed by atoms with Gasteiger partial charge in [-0.3, -0.25) is 9.89 Å². The Balaban J connectivity index is 0.00000196. The smallest absolute Gasteiger partial charge is 0.191 e. The first-order valence-electron chi connectivity index (χ1n) is 9.03. The highest BCUT2D eigenvalue weighted by atomic mass is 127. The minimum atomic E-state index is -0.241. The summed E-state index contributed by atoms with van der Waals surface area (Å²) >= 11 is 0. The number of hydrogen-bond donors (Lipinski definition) is 2. The van der Waals surface area contributed by atoms with Crippen molar-refractivity contribution in [1.29, 1.82) is 0 Å². The average Bonchev–Trinajstić information content (AvgIpc) is 3.29. The second kappa shape index (κ2) is 8.12. The van der Waals surface area contributed by atoms with E-state index >= 15 is 0 Å². The predicted octanol–water partition coefficient (Wildman–Crippen LogP) is 3.40. The lowest BCUT2D eigenvalue weighted by atomic mass is 10.1. The lowest BCUT2D eigenvalue weighted by Gasteiger charge is -2.18. The lowest BCUT2D eigenvalue weighted by molar-refractivity contribution is 0.321. The molecule has 7 heteroatoms. The fourth-order valence-corrected chi connectivity index (χ4v) is 3.64. The number of hydrogen-bond acceptors (Lipinski definition) is 3. The summed E-state index contributed by atoms with van der Waals surface area (Å²) in [5.41, 5.74) is 1.69. The minimum absolute atomic E-state index is 0. The number of furan rings is 1. The number of halogens is 2. The highest BCUT2D eigenvalue weighted by Crippen LogP contribution is 2.30. The Morgan fingerprint density at radius 2 is 2.15 bits per heavy atom. The Kier molecular flexibility index (Phi) is 6.06. The zero-order valence-electron chi connectivity index (χ0n) is 15.2. The van der Waals surface area contributed by atoms with Crippen LogP contribution in [0.4, 0.5) is 4.39 Å². The summed E-state index contributed by atoms with van der Waals surface area (Å²) < 4.78 is 19.3. The quantitative estimate of drug-likeness (QED) is 0.407. The van der Waals surface area contributed by atoms with Gasteiger partial charge in [0.25, 0.3) is 0 Å². The van der Waals surface area contributed by atoms with E-state index in [1.165, 1.54) is 31.5 Å². The number of rotatable bonds is 4. The molecule has 2 fully saturated rings. The van der Waals surface area contributed by atoms with Gasteiger partial charge in [-0.25, -0.2) is 4.39 Å². The Morgan fingerprint density at radius 3 is 2.88 bits per heavy atom. The predicted molar refractivity (Wildman–Crippen MR) is 113 cm³/mol. The molecule has 1 aliphatic carbocycles. The molecular formula is C19H26FIN4O. The number of nitrogens with one attached hydrogen (secondary N) is 2. The van der Waals surface area contributed by atoms with Gasteiger partial charge in [-0.2, -0.15) is 0 Å². The van der Waals surface area contributed by atoms with Gasteiger partial charge in [0, 0.05) is 43.2 Å². The molecule has 1 aliphatic heterocycles. The summed E-state index contributed by atoms with van der Waals surface area (Å²) in [5.74, 6) is 1.36. The Hall–Kier alpha value is -1.35. The summed E-state index contributed by atoms with van der Waals surface area (Å²) in [6, 6.07) is 5.89. The van der Waals surface area contributed by atoms with Crippen LogP contribution in [0.2, 0.25) is 0 Å².